The summed E-state index contributed by atoms with van der Waals surface area (Å²) < 4.78 is 11.4. The maximum Gasteiger partial charge on any atom is 0.0833 e. The highest BCUT2D eigenvalue weighted by molar-refractivity contribution is 5.21. The van der Waals surface area contributed by atoms with E-state index in [1.165, 1.54) is 0 Å². The zero-order chi connectivity index (χ0) is 10.6. The fourth-order valence-electron chi connectivity index (χ4n) is 3.77. The zero-order valence-corrected chi connectivity index (χ0v) is 8.87. The molecule has 4 nitrogen and oxygen atoms in total. The van der Waals surface area contributed by atoms with E-state index >= 15 is 0 Å². The highest BCUT2D eigenvalue weighted by atomic mass is 16.6. The molecule has 3 rings (SSSR count). The van der Waals surface area contributed by atoms with Gasteiger partial charge in [-0.15, -0.1) is 0 Å². The van der Waals surface area contributed by atoms with Crippen molar-refractivity contribution in [2.45, 2.75) is 36.9 Å². The van der Waals surface area contributed by atoms with E-state index < -0.39 is 5.41 Å². The third-order valence-corrected chi connectivity index (χ3v) is 4.99. The van der Waals surface area contributed by atoms with E-state index in [0.29, 0.717) is 0 Å². The second kappa shape index (κ2) is 2.94. The van der Waals surface area contributed by atoms with Crippen molar-refractivity contribution in [3.63, 3.8) is 0 Å². The predicted molar refractivity (Wildman–Crippen MR) is 52.4 cm³/mol. The first kappa shape index (κ1) is 10.0. The molecule has 3 fully saturated rings. The summed E-state index contributed by atoms with van der Waals surface area (Å²) in [5, 5.41) is 19.4. The van der Waals surface area contributed by atoms with Gasteiger partial charge in [0.25, 0.3) is 0 Å². The van der Waals surface area contributed by atoms with E-state index in [9.17, 15) is 10.2 Å². The quantitative estimate of drug-likeness (QED) is 0.683. The largest absolute Gasteiger partial charge is 0.395 e. The molecule has 2 aliphatic heterocycles. The minimum Gasteiger partial charge on any atom is -0.395 e. The lowest BCUT2D eigenvalue weighted by molar-refractivity contribution is -0.300. The molecule has 2 atom stereocenters. The molecule has 2 saturated heterocycles. The molecular formula is C11H18O4. The molecule has 0 aromatic heterocycles. The van der Waals surface area contributed by atoms with Gasteiger partial charge >= 0.3 is 0 Å². The van der Waals surface area contributed by atoms with Gasteiger partial charge in [0.2, 0.25) is 0 Å². The van der Waals surface area contributed by atoms with Crippen LogP contribution in [0.25, 0.3) is 0 Å². The van der Waals surface area contributed by atoms with Crippen LogP contribution in [0.15, 0.2) is 0 Å². The summed E-state index contributed by atoms with van der Waals surface area (Å²) in [7, 11) is 0. The van der Waals surface area contributed by atoms with E-state index in [1.54, 1.807) is 0 Å². The van der Waals surface area contributed by atoms with E-state index in [2.05, 4.69) is 0 Å². The average molecular weight is 214 g/mol. The summed E-state index contributed by atoms with van der Waals surface area (Å²) >= 11 is 0. The summed E-state index contributed by atoms with van der Waals surface area (Å²) in [6.07, 6.45) is 3.71. The van der Waals surface area contributed by atoms with Crippen molar-refractivity contribution in [3.05, 3.63) is 0 Å². The molecule has 0 aromatic rings. The first-order valence-corrected chi connectivity index (χ1v) is 5.74. The maximum atomic E-state index is 9.70. The maximum absolute atomic E-state index is 9.70. The van der Waals surface area contributed by atoms with Crippen molar-refractivity contribution in [1.82, 2.24) is 0 Å². The third kappa shape index (κ3) is 0.884. The molecule has 1 aliphatic carbocycles. The third-order valence-electron chi connectivity index (χ3n) is 4.99. The second-order valence-corrected chi connectivity index (χ2v) is 5.08. The summed E-state index contributed by atoms with van der Waals surface area (Å²) in [6.45, 7) is 1.42. The Labute approximate surface area is 89.2 Å². The number of ether oxygens (including phenoxy) is 2. The highest BCUT2D eigenvalue weighted by Crippen LogP contribution is 2.64. The van der Waals surface area contributed by atoms with Crippen molar-refractivity contribution in [3.8, 4) is 0 Å². The fraction of sp³-hybridized carbons (Fsp3) is 1.00. The van der Waals surface area contributed by atoms with Gasteiger partial charge < -0.3 is 19.7 Å². The van der Waals surface area contributed by atoms with Gasteiger partial charge in [-0.3, -0.25) is 0 Å². The van der Waals surface area contributed by atoms with Gasteiger partial charge in [-0.05, 0) is 12.8 Å². The number of hydrogen-bond acceptors (Lipinski definition) is 4. The van der Waals surface area contributed by atoms with Crippen LogP contribution in [0.3, 0.4) is 0 Å². The molecule has 2 unspecified atom stereocenters. The minimum absolute atomic E-state index is 0.0382. The van der Waals surface area contributed by atoms with Crippen LogP contribution >= 0.6 is 0 Å². The first-order valence-electron chi connectivity index (χ1n) is 5.74. The van der Waals surface area contributed by atoms with Gasteiger partial charge in [-0.2, -0.15) is 0 Å². The van der Waals surface area contributed by atoms with Crippen LogP contribution in [-0.2, 0) is 9.47 Å². The minimum atomic E-state index is -0.573. The Bertz CT molecular complexity index is 240. The molecule has 2 N–H and O–H groups in total. The Morgan fingerprint density at radius 3 is 1.40 bits per heavy atom. The number of rotatable bonds is 2. The smallest absolute Gasteiger partial charge is 0.0833 e. The Balaban J connectivity index is 2.00. The number of aliphatic hydroxyl groups is 2. The van der Waals surface area contributed by atoms with Gasteiger partial charge in [0, 0.05) is 12.8 Å². The lowest BCUT2D eigenvalue weighted by Gasteiger charge is -2.58. The van der Waals surface area contributed by atoms with Gasteiger partial charge in [0.15, 0.2) is 0 Å². The molecule has 0 aromatic carbocycles. The van der Waals surface area contributed by atoms with Gasteiger partial charge in [0.1, 0.15) is 0 Å². The van der Waals surface area contributed by atoms with Crippen molar-refractivity contribution >= 4 is 0 Å². The van der Waals surface area contributed by atoms with Crippen LogP contribution in [0.2, 0.25) is 0 Å². The summed E-state index contributed by atoms with van der Waals surface area (Å²) in [5.41, 5.74) is -1.19. The molecule has 0 amide bonds. The molecule has 86 valence electrons. The van der Waals surface area contributed by atoms with Gasteiger partial charge in [0.05, 0.1) is 43.0 Å². The van der Waals surface area contributed by atoms with E-state index in [4.69, 9.17) is 9.47 Å². The Hall–Kier alpha value is -0.160. The first-order chi connectivity index (χ1) is 7.24. The van der Waals surface area contributed by atoms with Crippen molar-refractivity contribution < 1.29 is 19.7 Å². The fourth-order valence-corrected chi connectivity index (χ4v) is 3.77. The van der Waals surface area contributed by atoms with Crippen LogP contribution in [0.4, 0.5) is 0 Å². The number of aliphatic hydroxyl groups excluding tert-OH is 2. The van der Waals surface area contributed by atoms with Crippen LogP contribution in [0, 0.1) is 5.41 Å². The molecule has 1 saturated carbocycles. The summed E-state index contributed by atoms with van der Waals surface area (Å²) in [5.74, 6) is 0. The average Bonchev–Trinajstić information content (AvgIpc) is 2.47. The molecule has 3 aliphatic rings. The molecule has 15 heavy (non-hydrogen) atoms. The monoisotopic (exact) mass is 214 g/mol. The SMILES string of the molecule is OCC1(CO)C2(CCO2)CCC12CCO2. The van der Waals surface area contributed by atoms with Crippen LogP contribution in [0.5, 0.6) is 0 Å². The molecule has 2 spiro atoms. The topological polar surface area (TPSA) is 58.9 Å². The number of hydrogen-bond donors (Lipinski definition) is 2. The lowest BCUT2D eigenvalue weighted by Crippen LogP contribution is -2.68. The van der Waals surface area contributed by atoms with Crippen molar-refractivity contribution in [1.29, 1.82) is 0 Å². The van der Waals surface area contributed by atoms with Gasteiger partial charge in [-0.1, -0.05) is 0 Å². The summed E-state index contributed by atoms with van der Waals surface area (Å²) in [4.78, 5) is 0. The lowest BCUT2D eigenvalue weighted by atomic mass is 9.62. The zero-order valence-electron chi connectivity index (χ0n) is 8.87. The molecular weight excluding hydrogens is 196 g/mol. The van der Waals surface area contributed by atoms with Crippen molar-refractivity contribution in [2.24, 2.45) is 5.41 Å². The molecule has 0 radical (unpaired) electrons. The van der Waals surface area contributed by atoms with Crippen LogP contribution in [-0.4, -0.2) is 47.8 Å². The van der Waals surface area contributed by atoms with Crippen LogP contribution < -0.4 is 0 Å². The van der Waals surface area contributed by atoms with Gasteiger partial charge in [-0.25, -0.2) is 0 Å². The Morgan fingerprint density at radius 2 is 1.20 bits per heavy atom. The van der Waals surface area contributed by atoms with E-state index in [1.807, 2.05) is 0 Å². The van der Waals surface area contributed by atoms with E-state index in [-0.39, 0.29) is 24.4 Å². The normalized spacial score (nSPS) is 46.8. The Kier molecular flexibility index (Phi) is 1.97. The van der Waals surface area contributed by atoms with Crippen molar-refractivity contribution in [2.75, 3.05) is 26.4 Å². The second-order valence-electron chi connectivity index (χ2n) is 5.08. The molecule has 4 heteroatoms. The predicted octanol–water partition coefficient (Wildman–Crippen LogP) is 0.0694. The Morgan fingerprint density at radius 1 is 0.800 bits per heavy atom. The van der Waals surface area contributed by atoms with E-state index in [0.717, 1.165) is 38.9 Å². The molecule has 2 heterocycles. The summed E-state index contributed by atoms with van der Waals surface area (Å²) in [6, 6.07) is 0. The van der Waals surface area contributed by atoms with Crippen LogP contribution in [0.1, 0.15) is 25.7 Å². The highest BCUT2D eigenvalue weighted by Gasteiger charge is 2.72. The molecule has 0 bridgehead atoms. The standard InChI is InChI=1S/C11H18O4/c12-7-9(8-13)10(3-5-14-10)1-2-11(9)4-6-15-11/h12-13H,1-8H2.